The van der Waals surface area contributed by atoms with Gasteiger partial charge < -0.3 is 5.11 Å². The number of carboxylic acid groups (broad SMARTS) is 1. The van der Waals surface area contributed by atoms with E-state index in [0.717, 1.165) is 12.5 Å². The largest absolute Gasteiger partial charge is 0.480 e. The quantitative estimate of drug-likeness (QED) is 0.917. The van der Waals surface area contributed by atoms with E-state index in [1.165, 1.54) is 13.0 Å². The average Bonchev–Trinajstić information content (AvgIpc) is 2.82. The molecule has 1 aromatic carbocycles. The summed E-state index contributed by atoms with van der Waals surface area (Å²) in [6.07, 6.45) is 1.31. The highest BCUT2D eigenvalue weighted by atomic mass is 19.1. The fourth-order valence-corrected chi connectivity index (χ4v) is 2.68. The van der Waals surface area contributed by atoms with Crippen LogP contribution in [0.1, 0.15) is 36.9 Å². The van der Waals surface area contributed by atoms with E-state index in [1.54, 1.807) is 11.8 Å². The molecule has 1 aliphatic heterocycles. The minimum absolute atomic E-state index is 0.219. The van der Waals surface area contributed by atoms with Crippen molar-refractivity contribution in [3.8, 4) is 0 Å². The van der Waals surface area contributed by atoms with Crippen LogP contribution in [0, 0.1) is 18.6 Å². The van der Waals surface area contributed by atoms with Gasteiger partial charge in [0.05, 0.1) is 0 Å². The van der Waals surface area contributed by atoms with Crippen molar-refractivity contribution in [1.82, 2.24) is 4.90 Å². The first-order valence-electron chi connectivity index (χ1n) is 6.36. The lowest BCUT2D eigenvalue weighted by molar-refractivity contribution is -0.142. The summed E-state index contributed by atoms with van der Waals surface area (Å²) in [6, 6.07) is 1.28. The van der Waals surface area contributed by atoms with Crippen molar-refractivity contribution in [2.45, 2.75) is 38.8 Å². The van der Waals surface area contributed by atoms with E-state index in [9.17, 15) is 13.6 Å². The number of aryl methyl sites for hydroxylation is 1. The lowest BCUT2D eigenvalue weighted by Gasteiger charge is -2.29. The van der Waals surface area contributed by atoms with E-state index in [2.05, 4.69) is 0 Å². The molecule has 104 valence electrons. The maximum Gasteiger partial charge on any atom is 0.320 e. The summed E-state index contributed by atoms with van der Waals surface area (Å²) in [4.78, 5) is 12.9. The zero-order valence-corrected chi connectivity index (χ0v) is 11.0. The van der Waals surface area contributed by atoms with Crippen molar-refractivity contribution in [1.29, 1.82) is 0 Å². The van der Waals surface area contributed by atoms with Crippen LogP contribution in [0.25, 0.3) is 0 Å². The van der Waals surface area contributed by atoms with E-state index >= 15 is 0 Å². The second-order valence-electron chi connectivity index (χ2n) is 5.03. The maximum absolute atomic E-state index is 13.9. The molecule has 19 heavy (non-hydrogen) atoms. The Labute approximate surface area is 110 Å². The van der Waals surface area contributed by atoms with Crippen molar-refractivity contribution >= 4 is 5.97 Å². The van der Waals surface area contributed by atoms with Gasteiger partial charge in [-0.15, -0.1) is 0 Å². The Morgan fingerprint density at radius 2 is 2.11 bits per heavy atom. The number of benzene rings is 1. The summed E-state index contributed by atoms with van der Waals surface area (Å²) in [7, 11) is 0. The van der Waals surface area contributed by atoms with Crippen LogP contribution in [-0.2, 0) is 4.79 Å². The first-order chi connectivity index (χ1) is 8.91. The summed E-state index contributed by atoms with van der Waals surface area (Å²) in [6.45, 7) is 3.81. The minimum Gasteiger partial charge on any atom is -0.480 e. The van der Waals surface area contributed by atoms with Crippen LogP contribution >= 0.6 is 0 Å². The van der Waals surface area contributed by atoms with Gasteiger partial charge in [-0.2, -0.15) is 0 Å². The normalized spacial score (nSPS) is 21.6. The highest BCUT2D eigenvalue weighted by Crippen LogP contribution is 2.31. The lowest BCUT2D eigenvalue weighted by Crippen LogP contribution is -2.38. The summed E-state index contributed by atoms with van der Waals surface area (Å²) >= 11 is 0. The molecule has 3 nitrogen and oxygen atoms in total. The molecule has 1 aliphatic rings. The Balaban J connectivity index is 2.31. The van der Waals surface area contributed by atoms with Gasteiger partial charge >= 0.3 is 5.97 Å². The van der Waals surface area contributed by atoms with Crippen molar-refractivity contribution in [2.24, 2.45) is 0 Å². The van der Waals surface area contributed by atoms with Gasteiger partial charge in [0.25, 0.3) is 0 Å². The Kier molecular flexibility index (Phi) is 3.85. The molecule has 0 aliphatic carbocycles. The molecule has 0 aromatic heterocycles. The third-order valence-electron chi connectivity index (χ3n) is 3.80. The highest BCUT2D eigenvalue weighted by molar-refractivity contribution is 5.73. The van der Waals surface area contributed by atoms with Crippen LogP contribution in [-0.4, -0.2) is 28.6 Å². The second-order valence-corrected chi connectivity index (χ2v) is 5.03. The molecule has 1 N–H and O–H groups in total. The summed E-state index contributed by atoms with van der Waals surface area (Å²) in [5.74, 6) is -1.85. The van der Waals surface area contributed by atoms with Crippen molar-refractivity contribution in [2.75, 3.05) is 6.54 Å². The Bertz CT molecular complexity index is 504. The first-order valence-corrected chi connectivity index (χ1v) is 6.36. The number of aliphatic carboxylic acids is 1. The van der Waals surface area contributed by atoms with Gasteiger partial charge in [0, 0.05) is 11.6 Å². The van der Waals surface area contributed by atoms with E-state index in [0.29, 0.717) is 13.0 Å². The predicted octanol–water partition coefficient (Wildman–Crippen LogP) is 2.88. The lowest BCUT2D eigenvalue weighted by atomic mass is 10.0. The van der Waals surface area contributed by atoms with Gasteiger partial charge in [-0.05, 0) is 50.9 Å². The summed E-state index contributed by atoms with van der Waals surface area (Å²) in [5.41, 5.74) is 0.473. The van der Waals surface area contributed by atoms with E-state index in [4.69, 9.17) is 5.11 Å². The van der Waals surface area contributed by atoms with Gasteiger partial charge in [-0.25, -0.2) is 8.78 Å². The van der Waals surface area contributed by atoms with Gasteiger partial charge in [0.1, 0.15) is 17.7 Å². The minimum atomic E-state index is -0.905. The molecule has 0 spiro atoms. The Morgan fingerprint density at radius 3 is 2.74 bits per heavy atom. The molecule has 0 radical (unpaired) electrons. The van der Waals surface area contributed by atoms with Crippen LogP contribution in [0.15, 0.2) is 12.1 Å². The van der Waals surface area contributed by atoms with Crippen LogP contribution in [0.4, 0.5) is 8.78 Å². The monoisotopic (exact) mass is 269 g/mol. The van der Waals surface area contributed by atoms with Crippen LogP contribution in [0.2, 0.25) is 0 Å². The molecular formula is C14H17F2NO2. The topological polar surface area (TPSA) is 40.5 Å². The number of halogens is 2. The van der Waals surface area contributed by atoms with Crippen LogP contribution in [0.5, 0.6) is 0 Å². The Morgan fingerprint density at radius 1 is 1.42 bits per heavy atom. The second kappa shape index (κ2) is 5.25. The number of hydrogen-bond donors (Lipinski definition) is 1. The number of carbonyl (C=O) groups is 1. The van der Waals surface area contributed by atoms with Crippen LogP contribution in [0.3, 0.4) is 0 Å². The number of hydrogen-bond acceptors (Lipinski definition) is 2. The molecule has 0 bridgehead atoms. The fraction of sp³-hybridized carbons (Fsp3) is 0.500. The molecule has 5 heteroatoms. The number of nitrogens with zero attached hydrogens (tertiary/aromatic N) is 1. The zero-order valence-electron chi connectivity index (χ0n) is 11.0. The van der Waals surface area contributed by atoms with E-state index < -0.39 is 29.7 Å². The SMILES string of the molecule is Cc1cc(F)c(C(C)N2CCCC2C(=O)O)cc1F. The van der Waals surface area contributed by atoms with Gasteiger partial charge in [-0.1, -0.05) is 0 Å². The highest BCUT2D eigenvalue weighted by Gasteiger charge is 2.35. The number of rotatable bonds is 3. The standard InChI is InChI=1S/C14H17F2NO2/c1-8-6-12(16)10(7-11(8)15)9(2)17-5-3-4-13(17)14(18)19/h6-7,9,13H,3-5H2,1-2H3,(H,18,19). The van der Waals surface area contributed by atoms with Crippen molar-refractivity contribution in [3.63, 3.8) is 0 Å². The van der Waals surface area contributed by atoms with Gasteiger partial charge in [0.15, 0.2) is 0 Å². The fourth-order valence-electron chi connectivity index (χ4n) is 2.68. The average molecular weight is 269 g/mol. The number of carboxylic acids is 1. The van der Waals surface area contributed by atoms with E-state index in [-0.39, 0.29) is 11.1 Å². The van der Waals surface area contributed by atoms with Crippen molar-refractivity contribution < 1.29 is 18.7 Å². The zero-order chi connectivity index (χ0) is 14.2. The molecule has 2 rings (SSSR count). The molecule has 2 atom stereocenters. The third-order valence-corrected chi connectivity index (χ3v) is 3.80. The predicted molar refractivity (Wildman–Crippen MR) is 66.9 cm³/mol. The smallest absolute Gasteiger partial charge is 0.320 e. The maximum atomic E-state index is 13.9. The third kappa shape index (κ3) is 2.61. The molecule has 1 saturated heterocycles. The molecule has 1 heterocycles. The van der Waals surface area contributed by atoms with Gasteiger partial charge in [0.2, 0.25) is 0 Å². The summed E-state index contributed by atoms with van der Waals surface area (Å²) in [5, 5.41) is 9.14. The molecule has 0 amide bonds. The van der Waals surface area contributed by atoms with Crippen LogP contribution < -0.4 is 0 Å². The first kappa shape index (κ1) is 13.9. The molecule has 1 aromatic rings. The van der Waals surface area contributed by atoms with E-state index in [1.807, 2.05) is 0 Å². The molecule has 1 fully saturated rings. The molecule has 0 saturated carbocycles. The summed E-state index contributed by atoms with van der Waals surface area (Å²) < 4.78 is 27.5. The molecular weight excluding hydrogens is 252 g/mol. The Hall–Kier alpha value is -1.49. The molecule has 2 unspecified atom stereocenters. The van der Waals surface area contributed by atoms with Gasteiger partial charge in [-0.3, -0.25) is 9.69 Å². The number of likely N-dealkylation sites (tertiary alicyclic amines) is 1. The van der Waals surface area contributed by atoms with Crippen molar-refractivity contribution in [3.05, 3.63) is 34.9 Å².